The van der Waals surface area contributed by atoms with Crippen molar-refractivity contribution in [3.05, 3.63) is 64.1 Å². The zero-order valence-corrected chi connectivity index (χ0v) is 19.2. The number of carboxylic acid groups (broad SMARTS) is 1. The molecule has 8 heteroatoms. The number of likely N-dealkylation sites (tertiary alicyclic amines) is 1. The zero-order chi connectivity index (χ0) is 23.2. The van der Waals surface area contributed by atoms with E-state index in [1.54, 1.807) is 12.1 Å². The average molecular weight is 472 g/mol. The molecule has 2 heterocycles. The van der Waals surface area contributed by atoms with Crippen molar-refractivity contribution in [3.8, 4) is 0 Å². The number of aromatic nitrogens is 2. The molecular formula is C25H27ClFN3O3. The molecule has 2 aliphatic rings. The quantitative estimate of drug-likeness (QED) is 0.460. The van der Waals surface area contributed by atoms with E-state index in [4.69, 9.17) is 16.3 Å². The molecule has 1 saturated heterocycles. The van der Waals surface area contributed by atoms with Crippen molar-refractivity contribution < 1.29 is 19.0 Å². The highest BCUT2D eigenvalue weighted by Gasteiger charge is 2.38. The van der Waals surface area contributed by atoms with Gasteiger partial charge in [0.1, 0.15) is 11.0 Å². The van der Waals surface area contributed by atoms with E-state index >= 15 is 0 Å². The predicted octanol–water partition coefficient (Wildman–Crippen LogP) is 6.02. The molecule has 1 amide bonds. The SMILES string of the molecule is CC(OCC1(c2ccc(F)cc2)CCN(C(=O)O)CC1)c1cc(C2CC2)cc2c(Cl)[nH]nc12. The molecule has 1 saturated carbocycles. The molecule has 33 heavy (non-hydrogen) atoms. The molecule has 1 atom stereocenters. The first kappa shape index (κ1) is 22.2. The third kappa shape index (κ3) is 4.32. The molecule has 1 unspecified atom stereocenters. The summed E-state index contributed by atoms with van der Waals surface area (Å²) in [6.07, 6.45) is 2.45. The summed E-state index contributed by atoms with van der Waals surface area (Å²) in [4.78, 5) is 12.9. The van der Waals surface area contributed by atoms with Crippen LogP contribution in [0.25, 0.3) is 10.9 Å². The minimum Gasteiger partial charge on any atom is -0.465 e. The third-order valence-corrected chi connectivity index (χ3v) is 7.50. The minimum atomic E-state index is -0.910. The van der Waals surface area contributed by atoms with Crippen molar-refractivity contribution in [3.63, 3.8) is 0 Å². The minimum absolute atomic E-state index is 0.236. The van der Waals surface area contributed by atoms with E-state index in [0.29, 0.717) is 43.6 Å². The van der Waals surface area contributed by atoms with Crippen molar-refractivity contribution >= 4 is 28.6 Å². The van der Waals surface area contributed by atoms with E-state index in [-0.39, 0.29) is 17.3 Å². The smallest absolute Gasteiger partial charge is 0.407 e. The molecule has 174 valence electrons. The molecule has 3 aromatic rings. The van der Waals surface area contributed by atoms with E-state index in [2.05, 4.69) is 22.3 Å². The number of nitrogens with one attached hydrogen (secondary N) is 1. The van der Waals surface area contributed by atoms with Gasteiger partial charge in [0.25, 0.3) is 0 Å². The van der Waals surface area contributed by atoms with Gasteiger partial charge in [-0.1, -0.05) is 29.8 Å². The molecule has 2 N–H and O–H groups in total. The summed E-state index contributed by atoms with van der Waals surface area (Å²) in [5, 5.41) is 18.1. The van der Waals surface area contributed by atoms with Crippen molar-refractivity contribution in [2.45, 2.75) is 50.0 Å². The number of H-pyrrole nitrogens is 1. The summed E-state index contributed by atoms with van der Waals surface area (Å²) in [7, 11) is 0. The third-order valence-electron chi connectivity index (χ3n) is 7.21. The van der Waals surface area contributed by atoms with E-state index in [1.165, 1.54) is 35.4 Å². The number of fused-ring (bicyclic) bond motifs is 1. The van der Waals surface area contributed by atoms with Gasteiger partial charge in [-0.2, -0.15) is 5.10 Å². The number of ether oxygens (including phenoxy) is 1. The van der Waals surface area contributed by atoms with E-state index in [1.807, 2.05) is 6.92 Å². The fraction of sp³-hybridized carbons (Fsp3) is 0.440. The molecule has 1 aliphatic carbocycles. The van der Waals surface area contributed by atoms with Crippen LogP contribution in [0.2, 0.25) is 5.15 Å². The Kier molecular flexibility index (Phi) is 5.79. The number of nitrogens with zero attached hydrogens (tertiary/aromatic N) is 2. The summed E-state index contributed by atoms with van der Waals surface area (Å²) in [5.74, 6) is 0.276. The van der Waals surface area contributed by atoms with Gasteiger partial charge in [-0.05, 0) is 67.9 Å². The lowest BCUT2D eigenvalue weighted by Gasteiger charge is -2.41. The van der Waals surface area contributed by atoms with Gasteiger partial charge in [0.05, 0.1) is 18.2 Å². The van der Waals surface area contributed by atoms with Crippen LogP contribution >= 0.6 is 11.6 Å². The molecule has 1 aromatic heterocycles. The maximum absolute atomic E-state index is 13.6. The van der Waals surface area contributed by atoms with Gasteiger partial charge in [0.2, 0.25) is 0 Å². The molecule has 0 spiro atoms. The Morgan fingerprint density at radius 3 is 2.64 bits per heavy atom. The molecule has 5 rings (SSSR count). The van der Waals surface area contributed by atoms with Crippen LogP contribution in [0.15, 0.2) is 36.4 Å². The molecule has 0 bridgehead atoms. The Morgan fingerprint density at radius 1 is 1.30 bits per heavy atom. The van der Waals surface area contributed by atoms with Crippen LogP contribution in [-0.2, 0) is 10.2 Å². The topological polar surface area (TPSA) is 78.5 Å². The second kappa shape index (κ2) is 8.61. The standard InChI is InChI=1S/C25H27ClFN3O3/c1-15(20-12-17(16-2-3-16)13-21-22(20)28-29-23(21)26)33-14-25(18-4-6-19(27)7-5-18)8-10-30(11-9-25)24(31)32/h4-7,12-13,15-16H,2-3,8-11,14H2,1H3,(H,28,29)(H,31,32). The van der Waals surface area contributed by atoms with Crippen LogP contribution in [0, 0.1) is 5.82 Å². The van der Waals surface area contributed by atoms with Crippen molar-refractivity contribution in [2.24, 2.45) is 0 Å². The number of hydrogen-bond acceptors (Lipinski definition) is 3. The van der Waals surface area contributed by atoms with Gasteiger partial charge in [-0.3, -0.25) is 5.10 Å². The number of benzene rings is 2. The Balaban J connectivity index is 1.42. The second-order valence-electron chi connectivity index (χ2n) is 9.33. The first-order chi connectivity index (χ1) is 15.9. The fourth-order valence-electron chi connectivity index (χ4n) is 4.92. The highest BCUT2D eigenvalue weighted by molar-refractivity contribution is 6.34. The number of rotatable bonds is 6. The van der Waals surface area contributed by atoms with Crippen LogP contribution in [0.1, 0.15) is 61.3 Å². The monoisotopic (exact) mass is 471 g/mol. The first-order valence-corrected chi connectivity index (χ1v) is 11.8. The van der Waals surface area contributed by atoms with Gasteiger partial charge in [-0.15, -0.1) is 0 Å². The number of halogens is 2. The van der Waals surface area contributed by atoms with E-state index in [0.717, 1.165) is 22.0 Å². The normalized spacial score (nSPS) is 19.1. The predicted molar refractivity (Wildman–Crippen MR) is 124 cm³/mol. The lowest BCUT2D eigenvalue weighted by Crippen LogP contribution is -2.47. The van der Waals surface area contributed by atoms with Crippen molar-refractivity contribution in [2.75, 3.05) is 19.7 Å². The molecule has 1 aliphatic heterocycles. The summed E-state index contributed by atoms with van der Waals surface area (Å²) in [6, 6.07) is 10.8. The Morgan fingerprint density at radius 2 is 2.00 bits per heavy atom. The number of piperidine rings is 1. The Hall–Kier alpha value is -2.64. The lowest BCUT2D eigenvalue weighted by molar-refractivity contribution is 0.00554. The van der Waals surface area contributed by atoms with Gasteiger partial charge in [0.15, 0.2) is 0 Å². The highest BCUT2D eigenvalue weighted by Crippen LogP contribution is 2.44. The van der Waals surface area contributed by atoms with Crippen LogP contribution in [0.4, 0.5) is 9.18 Å². The number of amides is 1. The molecule has 6 nitrogen and oxygen atoms in total. The number of carbonyl (C=O) groups is 1. The summed E-state index contributed by atoms with van der Waals surface area (Å²) < 4.78 is 20.1. The maximum Gasteiger partial charge on any atom is 0.407 e. The van der Waals surface area contributed by atoms with Crippen molar-refractivity contribution in [1.29, 1.82) is 0 Å². The van der Waals surface area contributed by atoms with E-state index in [9.17, 15) is 14.3 Å². The van der Waals surface area contributed by atoms with Crippen LogP contribution in [-0.4, -0.2) is 46.0 Å². The maximum atomic E-state index is 13.6. The van der Waals surface area contributed by atoms with Crippen LogP contribution in [0.3, 0.4) is 0 Å². The highest BCUT2D eigenvalue weighted by atomic mass is 35.5. The van der Waals surface area contributed by atoms with Gasteiger partial charge in [-0.25, -0.2) is 9.18 Å². The zero-order valence-electron chi connectivity index (χ0n) is 18.5. The largest absolute Gasteiger partial charge is 0.465 e. The Bertz CT molecular complexity index is 1170. The van der Waals surface area contributed by atoms with E-state index < -0.39 is 6.09 Å². The van der Waals surface area contributed by atoms with Crippen molar-refractivity contribution in [1.82, 2.24) is 15.1 Å². The van der Waals surface area contributed by atoms with Gasteiger partial charge < -0.3 is 14.7 Å². The molecule has 0 radical (unpaired) electrons. The molecule has 2 aromatic carbocycles. The first-order valence-electron chi connectivity index (χ1n) is 11.4. The average Bonchev–Trinajstić information content (AvgIpc) is 3.61. The number of aromatic amines is 1. The van der Waals surface area contributed by atoms with Crippen LogP contribution < -0.4 is 0 Å². The second-order valence-corrected chi connectivity index (χ2v) is 9.71. The Labute approximate surface area is 196 Å². The lowest BCUT2D eigenvalue weighted by atomic mass is 9.73. The van der Waals surface area contributed by atoms with Gasteiger partial charge in [0, 0.05) is 29.5 Å². The summed E-state index contributed by atoms with van der Waals surface area (Å²) in [5.41, 5.74) is 3.66. The number of hydrogen-bond donors (Lipinski definition) is 2. The summed E-state index contributed by atoms with van der Waals surface area (Å²) >= 11 is 6.36. The molecular weight excluding hydrogens is 445 g/mol. The fourth-order valence-corrected chi connectivity index (χ4v) is 5.11. The van der Waals surface area contributed by atoms with Crippen LogP contribution in [0.5, 0.6) is 0 Å². The molecule has 2 fully saturated rings. The van der Waals surface area contributed by atoms with Gasteiger partial charge >= 0.3 is 6.09 Å². The summed E-state index contributed by atoms with van der Waals surface area (Å²) in [6.45, 7) is 3.25.